The highest BCUT2D eigenvalue weighted by molar-refractivity contribution is 7.89. The predicted octanol–water partition coefficient (Wildman–Crippen LogP) is 3.12. The Bertz CT molecular complexity index is 1100. The Hall–Kier alpha value is -2.78. The molecule has 0 unspecified atom stereocenters. The summed E-state index contributed by atoms with van der Waals surface area (Å²) in [5.74, 6) is -2.23. The molecule has 0 saturated carbocycles. The van der Waals surface area contributed by atoms with E-state index >= 15 is 0 Å². The van der Waals surface area contributed by atoms with Crippen LogP contribution in [0.5, 0.6) is 0 Å². The average molecular weight is 463 g/mol. The summed E-state index contributed by atoms with van der Waals surface area (Å²) in [6, 6.07) is 10.7. The van der Waals surface area contributed by atoms with Gasteiger partial charge in [-0.1, -0.05) is 30.7 Å². The molecule has 1 aliphatic heterocycles. The minimum absolute atomic E-state index is 0.128. The maximum Gasteiger partial charge on any atom is 0.338 e. The van der Waals surface area contributed by atoms with Gasteiger partial charge in [-0.15, -0.1) is 0 Å². The molecule has 172 valence electrons. The SMILES string of the molecule is Cc1ccccc1CN(C)C(=O)COC(=O)c1ccc(F)c(S(=O)(=O)N2CCCCC2)c1. The molecule has 1 fully saturated rings. The van der Waals surface area contributed by atoms with Crippen molar-refractivity contribution in [2.45, 2.75) is 37.6 Å². The van der Waals surface area contributed by atoms with E-state index in [2.05, 4.69) is 0 Å². The summed E-state index contributed by atoms with van der Waals surface area (Å²) in [6.07, 6.45) is 2.34. The number of likely N-dealkylation sites (N-methyl/N-ethyl adjacent to an activating group) is 1. The van der Waals surface area contributed by atoms with Crippen LogP contribution in [0.2, 0.25) is 0 Å². The molecule has 0 spiro atoms. The maximum absolute atomic E-state index is 14.3. The first kappa shape index (κ1) is 23.9. The molecule has 2 aromatic carbocycles. The van der Waals surface area contributed by atoms with Crippen molar-refractivity contribution in [3.63, 3.8) is 0 Å². The molecule has 0 bridgehead atoms. The Morgan fingerprint density at radius 3 is 2.47 bits per heavy atom. The van der Waals surface area contributed by atoms with Crippen LogP contribution in [0.3, 0.4) is 0 Å². The summed E-state index contributed by atoms with van der Waals surface area (Å²) < 4.78 is 46.3. The summed E-state index contributed by atoms with van der Waals surface area (Å²) in [5, 5.41) is 0. The standard InChI is InChI=1S/C23H27FN2O5S/c1-17-8-4-5-9-19(17)15-25(2)22(27)16-31-23(28)18-10-11-20(24)21(14-18)32(29,30)26-12-6-3-7-13-26/h4-5,8-11,14H,3,6-7,12-13,15-16H2,1-2H3. The highest BCUT2D eigenvalue weighted by Crippen LogP contribution is 2.24. The second-order valence-electron chi connectivity index (χ2n) is 7.86. The van der Waals surface area contributed by atoms with E-state index in [4.69, 9.17) is 4.74 Å². The molecular formula is C23H27FN2O5S. The van der Waals surface area contributed by atoms with E-state index in [9.17, 15) is 22.4 Å². The fourth-order valence-electron chi connectivity index (χ4n) is 3.52. The van der Waals surface area contributed by atoms with Crippen LogP contribution >= 0.6 is 0 Å². The van der Waals surface area contributed by atoms with Crippen LogP contribution in [-0.2, 0) is 26.1 Å². The van der Waals surface area contributed by atoms with Gasteiger partial charge in [-0.25, -0.2) is 17.6 Å². The number of carbonyl (C=O) groups excluding carboxylic acids is 2. The van der Waals surface area contributed by atoms with Gasteiger partial charge >= 0.3 is 5.97 Å². The van der Waals surface area contributed by atoms with Crippen molar-refractivity contribution in [1.82, 2.24) is 9.21 Å². The van der Waals surface area contributed by atoms with Gasteiger partial charge < -0.3 is 9.64 Å². The van der Waals surface area contributed by atoms with Crippen molar-refractivity contribution in [1.29, 1.82) is 0 Å². The Labute approximate surface area is 187 Å². The van der Waals surface area contributed by atoms with Gasteiger partial charge in [-0.05, 0) is 49.1 Å². The molecule has 0 aliphatic carbocycles. The number of ether oxygens (including phenoxy) is 1. The molecule has 32 heavy (non-hydrogen) atoms. The third-order valence-electron chi connectivity index (χ3n) is 5.52. The summed E-state index contributed by atoms with van der Waals surface area (Å²) in [6.45, 7) is 2.43. The van der Waals surface area contributed by atoms with Gasteiger partial charge in [-0.3, -0.25) is 4.79 Å². The third-order valence-corrected chi connectivity index (χ3v) is 7.43. The third kappa shape index (κ3) is 5.52. The first-order valence-corrected chi connectivity index (χ1v) is 11.9. The lowest BCUT2D eigenvalue weighted by atomic mass is 10.1. The molecule has 7 nitrogen and oxygen atoms in total. The largest absolute Gasteiger partial charge is 0.452 e. The molecule has 1 saturated heterocycles. The number of rotatable bonds is 7. The lowest BCUT2D eigenvalue weighted by Gasteiger charge is -2.26. The predicted molar refractivity (Wildman–Crippen MR) is 117 cm³/mol. The Morgan fingerprint density at radius 1 is 1.09 bits per heavy atom. The van der Waals surface area contributed by atoms with E-state index < -0.39 is 39.2 Å². The molecule has 0 atom stereocenters. The van der Waals surface area contributed by atoms with E-state index in [0.29, 0.717) is 32.5 Å². The lowest BCUT2D eigenvalue weighted by Crippen LogP contribution is -2.36. The number of esters is 1. The number of hydrogen-bond donors (Lipinski definition) is 0. The molecule has 0 N–H and O–H groups in total. The van der Waals surface area contributed by atoms with Crippen LogP contribution in [0.4, 0.5) is 4.39 Å². The number of benzene rings is 2. The molecule has 2 aromatic rings. The van der Waals surface area contributed by atoms with Crippen molar-refractivity contribution in [2.75, 3.05) is 26.7 Å². The van der Waals surface area contributed by atoms with E-state index in [1.807, 2.05) is 31.2 Å². The lowest BCUT2D eigenvalue weighted by molar-refractivity contribution is -0.133. The second-order valence-corrected chi connectivity index (χ2v) is 9.77. The van der Waals surface area contributed by atoms with Gasteiger partial charge in [0.15, 0.2) is 6.61 Å². The summed E-state index contributed by atoms with van der Waals surface area (Å²) >= 11 is 0. The smallest absolute Gasteiger partial charge is 0.338 e. The number of sulfonamides is 1. The van der Waals surface area contributed by atoms with Crippen LogP contribution in [0.25, 0.3) is 0 Å². The van der Waals surface area contributed by atoms with Gasteiger partial charge in [0.1, 0.15) is 10.7 Å². The van der Waals surface area contributed by atoms with Gasteiger partial charge in [0.05, 0.1) is 5.56 Å². The average Bonchev–Trinajstić information content (AvgIpc) is 2.79. The molecule has 1 amide bonds. The highest BCUT2D eigenvalue weighted by Gasteiger charge is 2.29. The van der Waals surface area contributed by atoms with Crippen molar-refractivity contribution < 1.29 is 27.1 Å². The quantitative estimate of drug-likeness (QED) is 0.591. The number of aryl methyl sites for hydroxylation is 1. The number of carbonyl (C=O) groups is 2. The van der Waals surface area contributed by atoms with Crippen molar-refractivity contribution in [3.8, 4) is 0 Å². The number of amides is 1. The number of halogens is 1. The molecule has 1 heterocycles. The van der Waals surface area contributed by atoms with Crippen LogP contribution in [0.15, 0.2) is 47.4 Å². The minimum atomic E-state index is -4.06. The van der Waals surface area contributed by atoms with Crippen molar-refractivity contribution in [2.24, 2.45) is 0 Å². The number of hydrogen-bond acceptors (Lipinski definition) is 5. The minimum Gasteiger partial charge on any atom is -0.452 e. The van der Waals surface area contributed by atoms with Gasteiger partial charge in [0.2, 0.25) is 10.0 Å². The summed E-state index contributed by atoms with van der Waals surface area (Å²) in [7, 11) is -2.46. The zero-order chi connectivity index (χ0) is 23.3. The monoisotopic (exact) mass is 462 g/mol. The fraction of sp³-hybridized carbons (Fsp3) is 0.391. The molecule has 0 aromatic heterocycles. The van der Waals surface area contributed by atoms with Crippen LogP contribution in [0, 0.1) is 12.7 Å². The molecule has 1 aliphatic rings. The summed E-state index contributed by atoms with van der Waals surface area (Å²) in [5.41, 5.74) is 1.88. The van der Waals surface area contributed by atoms with Gasteiger partial charge in [0, 0.05) is 26.7 Å². The fourth-order valence-corrected chi connectivity index (χ4v) is 5.13. The Balaban J connectivity index is 1.66. The number of piperidine rings is 1. The highest BCUT2D eigenvalue weighted by atomic mass is 32.2. The normalized spacial score (nSPS) is 14.7. The van der Waals surface area contributed by atoms with Crippen molar-refractivity contribution >= 4 is 21.9 Å². The maximum atomic E-state index is 14.3. The van der Waals surface area contributed by atoms with E-state index in [0.717, 1.165) is 35.7 Å². The molecule has 0 radical (unpaired) electrons. The van der Waals surface area contributed by atoms with Gasteiger partial charge in [0.25, 0.3) is 5.91 Å². The van der Waals surface area contributed by atoms with Gasteiger partial charge in [-0.2, -0.15) is 4.31 Å². The molecule has 3 rings (SSSR count). The Kier molecular flexibility index (Phi) is 7.63. The molecular weight excluding hydrogens is 435 g/mol. The number of nitrogens with zero attached hydrogens (tertiary/aromatic N) is 2. The van der Waals surface area contributed by atoms with E-state index in [1.54, 1.807) is 7.05 Å². The van der Waals surface area contributed by atoms with E-state index in [-0.39, 0.29) is 5.56 Å². The van der Waals surface area contributed by atoms with Crippen LogP contribution < -0.4 is 0 Å². The Morgan fingerprint density at radius 2 is 1.78 bits per heavy atom. The first-order valence-electron chi connectivity index (χ1n) is 10.5. The topological polar surface area (TPSA) is 84.0 Å². The zero-order valence-corrected chi connectivity index (χ0v) is 19.0. The molecule has 9 heteroatoms. The van der Waals surface area contributed by atoms with Crippen LogP contribution in [0.1, 0.15) is 40.7 Å². The summed E-state index contributed by atoms with van der Waals surface area (Å²) in [4.78, 5) is 25.7. The second kappa shape index (κ2) is 10.2. The van der Waals surface area contributed by atoms with Crippen molar-refractivity contribution in [3.05, 3.63) is 65.0 Å². The first-order chi connectivity index (χ1) is 15.2. The van der Waals surface area contributed by atoms with Crippen LogP contribution in [-0.4, -0.2) is 56.2 Å². The van der Waals surface area contributed by atoms with E-state index in [1.165, 1.54) is 9.21 Å². The zero-order valence-electron chi connectivity index (χ0n) is 18.2.